The molecule has 0 saturated heterocycles. The first kappa shape index (κ1) is 14.3. The van der Waals surface area contributed by atoms with Crippen molar-refractivity contribution >= 4 is 55.2 Å². The maximum atomic E-state index is 12.8. The number of hydrogen-bond donors (Lipinski definition) is 1. The number of ketones is 1. The van der Waals surface area contributed by atoms with Crippen molar-refractivity contribution in [3.63, 3.8) is 0 Å². The van der Waals surface area contributed by atoms with Crippen LogP contribution in [-0.2, 0) is 0 Å². The first-order valence-corrected chi connectivity index (χ1v) is 7.99. The fourth-order valence-electron chi connectivity index (χ4n) is 2.27. The van der Waals surface area contributed by atoms with Crippen LogP contribution in [0.4, 0.5) is 0 Å². The van der Waals surface area contributed by atoms with Gasteiger partial charge in [0.15, 0.2) is 5.78 Å². The summed E-state index contributed by atoms with van der Waals surface area (Å²) in [4.78, 5) is 15.9. The number of nitrogens with zero attached hydrogens (tertiary/aromatic N) is 1. The van der Waals surface area contributed by atoms with Crippen LogP contribution in [0.5, 0.6) is 0 Å². The molecule has 1 heterocycles. The summed E-state index contributed by atoms with van der Waals surface area (Å²) in [5, 5.41) is 9.92. The Morgan fingerprint density at radius 2 is 2.05 bits per heavy atom. The highest BCUT2D eigenvalue weighted by Crippen LogP contribution is 2.28. The Kier molecular flexibility index (Phi) is 3.83. The molecule has 0 unspecified atom stereocenters. The van der Waals surface area contributed by atoms with Crippen LogP contribution in [0.3, 0.4) is 0 Å². The molecular weight excluding hydrogens is 443 g/mol. The fraction of sp³-hybridized carbons (Fsp3) is 0. The molecular formula is C16H8BrIN2O. The van der Waals surface area contributed by atoms with Crippen molar-refractivity contribution in [2.24, 2.45) is 0 Å². The van der Waals surface area contributed by atoms with Crippen molar-refractivity contribution in [1.29, 1.82) is 5.26 Å². The predicted molar refractivity (Wildman–Crippen MR) is 93.3 cm³/mol. The number of nitrogens with one attached hydrogen (secondary N) is 1. The van der Waals surface area contributed by atoms with E-state index in [0.29, 0.717) is 22.1 Å². The number of hydrogen-bond acceptors (Lipinski definition) is 2. The minimum atomic E-state index is -0.102. The van der Waals surface area contributed by atoms with Gasteiger partial charge in [-0.05, 0) is 52.9 Å². The monoisotopic (exact) mass is 450 g/mol. The molecule has 0 saturated carbocycles. The van der Waals surface area contributed by atoms with Gasteiger partial charge in [-0.15, -0.1) is 0 Å². The van der Waals surface area contributed by atoms with Crippen molar-refractivity contribution in [2.45, 2.75) is 0 Å². The van der Waals surface area contributed by atoms with Gasteiger partial charge in [-0.25, -0.2) is 0 Å². The maximum absolute atomic E-state index is 12.8. The second kappa shape index (κ2) is 5.62. The van der Waals surface area contributed by atoms with Crippen LogP contribution < -0.4 is 0 Å². The highest BCUT2D eigenvalue weighted by molar-refractivity contribution is 14.1. The lowest BCUT2D eigenvalue weighted by Gasteiger charge is -2.04. The van der Waals surface area contributed by atoms with E-state index in [9.17, 15) is 10.1 Å². The van der Waals surface area contributed by atoms with Crippen molar-refractivity contribution in [1.82, 2.24) is 4.98 Å². The molecule has 3 nitrogen and oxygen atoms in total. The zero-order chi connectivity index (χ0) is 15.0. The number of benzene rings is 2. The van der Waals surface area contributed by atoms with Crippen LogP contribution in [0, 0.1) is 14.9 Å². The van der Waals surface area contributed by atoms with Crippen molar-refractivity contribution < 1.29 is 4.79 Å². The van der Waals surface area contributed by atoms with E-state index in [2.05, 4.69) is 49.6 Å². The van der Waals surface area contributed by atoms with Gasteiger partial charge in [0, 0.05) is 36.3 Å². The van der Waals surface area contributed by atoms with Gasteiger partial charge in [-0.1, -0.05) is 22.0 Å². The van der Waals surface area contributed by atoms with Crippen LogP contribution in [0.25, 0.3) is 10.9 Å². The molecule has 0 fully saturated rings. The lowest BCUT2D eigenvalue weighted by atomic mass is 10.00. The van der Waals surface area contributed by atoms with Crippen LogP contribution in [0.2, 0.25) is 0 Å². The van der Waals surface area contributed by atoms with E-state index in [0.717, 1.165) is 13.6 Å². The van der Waals surface area contributed by atoms with E-state index in [1.165, 1.54) is 0 Å². The third-order valence-electron chi connectivity index (χ3n) is 3.24. The topological polar surface area (TPSA) is 56.6 Å². The molecule has 0 aliphatic heterocycles. The Morgan fingerprint density at radius 1 is 1.24 bits per heavy atom. The molecule has 3 aromatic rings. The number of fused-ring (bicyclic) bond motifs is 1. The second-order valence-corrected chi connectivity index (χ2v) is 6.60. The Labute approximate surface area is 143 Å². The van der Waals surface area contributed by atoms with Crippen molar-refractivity contribution in [3.8, 4) is 6.07 Å². The maximum Gasteiger partial charge on any atom is 0.196 e. The van der Waals surface area contributed by atoms with Gasteiger partial charge in [-0.3, -0.25) is 4.79 Å². The summed E-state index contributed by atoms with van der Waals surface area (Å²) in [6.45, 7) is 0. The van der Waals surface area contributed by atoms with E-state index in [4.69, 9.17) is 0 Å². The molecule has 1 N–H and O–H groups in total. The summed E-state index contributed by atoms with van der Waals surface area (Å²) in [6.07, 6.45) is 1.67. The van der Waals surface area contributed by atoms with Gasteiger partial charge >= 0.3 is 0 Å². The molecule has 0 bridgehead atoms. The number of H-pyrrole nitrogens is 1. The van der Waals surface area contributed by atoms with Crippen LogP contribution in [-0.4, -0.2) is 10.8 Å². The van der Waals surface area contributed by atoms with Crippen LogP contribution in [0.15, 0.2) is 47.1 Å². The smallest absolute Gasteiger partial charge is 0.196 e. The van der Waals surface area contributed by atoms with Gasteiger partial charge in [0.05, 0.1) is 11.6 Å². The van der Waals surface area contributed by atoms with E-state index < -0.39 is 0 Å². The standard InChI is InChI=1S/C16H8BrIN2O/c17-13-5-4-10(18)6-11(13)16(21)12-8-20-14-3-1-2-9(7-19)15(12)14/h1-6,8,20H. The van der Waals surface area contributed by atoms with E-state index >= 15 is 0 Å². The zero-order valence-electron chi connectivity index (χ0n) is 10.7. The molecule has 1 aromatic heterocycles. The zero-order valence-corrected chi connectivity index (χ0v) is 14.4. The lowest BCUT2D eigenvalue weighted by Crippen LogP contribution is -2.02. The molecule has 0 radical (unpaired) electrons. The summed E-state index contributed by atoms with van der Waals surface area (Å²) in [6, 6.07) is 13.1. The summed E-state index contributed by atoms with van der Waals surface area (Å²) >= 11 is 5.59. The minimum absolute atomic E-state index is 0.102. The van der Waals surface area contributed by atoms with Gasteiger partial charge < -0.3 is 4.98 Å². The third-order valence-corrected chi connectivity index (χ3v) is 4.61. The number of carbonyl (C=O) groups is 1. The second-order valence-electron chi connectivity index (χ2n) is 4.50. The van der Waals surface area contributed by atoms with Gasteiger partial charge in [0.2, 0.25) is 0 Å². The number of aromatic nitrogens is 1. The summed E-state index contributed by atoms with van der Waals surface area (Å²) < 4.78 is 1.73. The molecule has 0 aliphatic rings. The number of carbonyl (C=O) groups excluding carboxylic acids is 1. The average molecular weight is 451 g/mol. The van der Waals surface area contributed by atoms with Gasteiger partial charge in [0.1, 0.15) is 0 Å². The first-order valence-electron chi connectivity index (χ1n) is 6.12. The van der Waals surface area contributed by atoms with Gasteiger partial charge in [-0.2, -0.15) is 5.26 Å². The number of nitriles is 1. The Hall–Kier alpha value is -1.65. The molecule has 2 aromatic carbocycles. The predicted octanol–water partition coefficient (Wildman–Crippen LogP) is 4.64. The summed E-state index contributed by atoms with van der Waals surface area (Å²) in [5.41, 5.74) is 2.40. The lowest BCUT2D eigenvalue weighted by molar-refractivity contribution is 0.103. The third kappa shape index (κ3) is 2.49. The van der Waals surface area contributed by atoms with Crippen molar-refractivity contribution in [3.05, 3.63) is 67.3 Å². The Bertz CT molecular complexity index is 908. The average Bonchev–Trinajstić information content (AvgIpc) is 2.93. The van der Waals surface area contributed by atoms with Gasteiger partial charge in [0.25, 0.3) is 0 Å². The molecule has 102 valence electrons. The fourth-order valence-corrected chi connectivity index (χ4v) is 3.19. The first-order chi connectivity index (χ1) is 10.1. The van der Waals surface area contributed by atoms with Crippen LogP contribution in [0.1, 0.15) is 21.5 Å². The Morgan fingerprint density at radius 3 is 2.81 bits per heavy atom. The largest absolute Gasteiger partial charge is 0.360 e. The van der Waals surface area contributed by atoms with Crippen LogP contribution >= 0.6 is 38.5 Å². The molecule has 0 aliphatic carbocycles. The number of halogens is 2. The SMILES string of the molecule is N#Cc1cccc2[nH]cc(C(=O)c3cc(I)ccc3Br)c12. The number of rotatable bonds is 2. The van der Waals surface area contributed by atoms with E-state index in [-0.39, 0.29) is 5.78 Å². The quantitative estimate of drug-likeness (QED) is 0.456. The molecule has 0 spiro atoms. The normalized spacial score (nSPS) is 10.5. The summed E-state index contributed by atoms with van der Waals surface area (Å²) in [5.74, 6) is -0.102. The molecule has 5 heteroatoms. The molecule has 0 atom stereocenters. The Balaban J connectivity index is 2.24. The highest BCUT2D eigenvalue weighted by atomic mass is 127. The molecule has 21 heavy (non-hydrogen) atoms. The van der Waals surface area contributed by atoms with E-state index in [1.54, 1.807) is 18.3 Å². The minimum Gasteiger partial charge on any atom is -0.360 e. The highest BCUT2D eigenvalue weighted by Gasteiger charge is 2.18. The summed E-state index contributed by atoms with van der Waals surface area (Å²) in [7, 11) is 0. The molecule has 3 rings (SSSR count). The number of aromatic amines is 1. The van der Waals surface area contributed by atoms with E-state index in [1.807, 2.05) is 24.3 Å². The molecule has 0 amide bonds. The van der Waals surface area contributed by atoms with Crippen molar-refractivity contribution in [2.75, 3.05) is 0 Å².